The monoisotopic (exact) mass is 521 g/mol. The maximum Gasteiger partial charge on any atom is 0.356 e. The number of pyridine rings is 1. The quantitative estimate of drug-likeness (QED) is 0.476. The Bertz CT molecular complexity index is 1110. The lowest BCUT2D eigenvalue weighted by Crippen LogP contribution is -2.40. The molecule has 0 bridgehead atoms. The number of nitrogens with zero attached hydrogens (tertiary/aromatic N) is 3. The minimum atomic E-state index is -0.482. The Morgan fingerprint density at radius 3 is 2.39 bits per heavy atom. The molecule has 1 saturated carbocycles. The van der Waals surface area contributed by atoms with Crippen molar-refractivity contribution < 1.29 is 19.1 Å². The second kappa shape index (κ2) is 12.1. The first-order valence-electron chi connectivity index (χ1n) is 13.9. The van der Waals surface area contributed by atoms with E-state index in [9.17, 15) is 9.59 Å². The maximum absolute atomic E-state index is 12.6. The van der Waals surface area contributed by atoms with Gasteiger partial charge in [0.15, 0.2) is 5.69 Å². The fraction of sp³-hybridized carbons (Fsp3) is 0.552. The Balaban J connectivity index is 1.38. The molecular formula is C29H39N5O4. The highest BCUT2D eigenvalue weighted by atomic mass is 16.5. The number of aromatic nitrogens is 1. The minimum Gasteiger partial charge on any atom is -0.464 e. The predicted octanol–water partition coefficient (Wildman–Crippen LogP) is 4.02. The summed E-state index contributed by atoms with van der Waals surface area (Å²) in [6.07, 6.45) is 7.14. The van der Waals surface area contributed by atoms with Crippen molar-refractivity contribution >= 4 is 29.1 Å². The molecule has 3 fully saturated rings. The molecule has 2 aliphatic heterocycles. The Morgan fingerprint density at radius 1 is 1.05 bits per heavy atom. The largest absolute Gasteiger partial charge is 0.464 e. The molecule has 0 radical (unpaired) electrons. The van der Waals surface area contributed by atoms with Crippen LogP contribution in [-0.4, -0.2) is 67.8 Å². The Labute approximate surface area is 224 Å². The van der Waals surface area contributed by atoms with Gasteiger partial charge in [0.25, 0.3) is 0 Å². The first kappa shape index (κ1) is 26.4. The maximum atomic E-state index is 12.6. The lowest BCUT2D eigenvalue weighted by Gasteiger charge is -2.38. The lowest BCUT2D eigenvalue weighted by atomic mass is 9.77. The van der Waals surface area contributed by atoms with E-state index < -0.39 is 5.97 Å². The number of hydrogen-bond donors (Lipinski definition) is 2. The molecule has 9 nitrogen and oxygen atoms in total. The van der Waals surface area contributed by atoms with Crippen LogP contribution in [0.2, 0.25) is 0 Å². The predicted molar refractivity (Wildman–Crippen MR) is 147 cm³/mol. The topological polar surface area (TPSA) is 110 Å². The van der Waals surface area contributed by atoms with Crippen LogP contribution in [0, 0.1) is 5.92 Å². The van der Waals surface area contributed by atoms with E-state index in [2.05, 4.69) is 10.2 Å². The highest BCUT2D eigenvalue weighted by molar-refractivity contribution is 5.90. The molecule has 1 atom stereocenters. The Kier molecular flexibility index (Phi) is 8.44. The molecule has 2 saturated heterocycles. The van der Waals surface area contributed by atoms with Crippen LogP contribution < -0.4 is 16.0 Å². The average molecular weight is 522 g/mol. The molecular weight excluding hydrogens is 482 g/mol. The fourth-order valence-corrected chi connectivity index (χ4v) is 5.64. The van der Waals surface area contributed by atoms with Crippen LogP contribution in [0.5, 0.6) is 0 Å². The third-order valence-electron chi connectivity index (χ3n) is 8.14. The van der Waals surface area contributed by atoms with Crippen molar-refractivity contribution in [1.82, 2.24) is 9.88 Å². The zero-order valence-electron chi connectivity index (χ0n) is 22.2. The van der Waals surface area contributed by atoms with Crippen molar-refractivity contribution in [2.75, 3.05) is 50.1 Å². The van der Waals surface area contributed by atoms with Crippen LogP contribution >= 0.6 is 0 Å². The van der Waals surface area contributed by atoms with Crippen molar-refractivity contribution in [2.24, 2.45) is 11.7 Å². The van der Waals surface area contributed by atoms with E-state index >= 15 is 0 Å². The van der Waals surface area contributed by atoms with E-state index in [0.717, 1.165) is 81.6 Å². The number of anilines is 3. The van der Waals surface area contributed by atoms with Gasteiger partial charge < -0.3 is 30.3 Å². The number of para-hydroxylation sites is 1. The van der Waals surface area contributed by atoms with E-state index in [1.807, 2.05) is 41.3 Å². The normalized spacial score (nSPS) is 19.2. The molecule has 3 heterocycles. The molecule has 1 aliphatic carbocycles. The Morgan fingerprint density at radius 2 is 1.76 bits per heavy atom. The van der Waals surface area contributed by atoms with Crippen molar-refractivity contribution in [2.45, 2.75) is 57.1 Å². The van der Waals surface area contributed by atoms with Gasteiger partial charge >= 0.3 is 5.97 Å². The Hall–Kier alpha value is -3.17. The van der Waals surface area contributed by atoms with E-state index in [4.69, 9.17) is 20.2 Å². The number of esters is 1. The van der Waals surface area contributed by atoms with Crippen LogP contribution in [0.15, 0.2) is 36.4 Å². The van der Waals surface area contributed by atoms with Crippen molar-refractivity contribution in [3.05, 3.63) is 47.7 Å². The highest BCUT2D eigenvalue weighted by Crippen LogP contribution is 2.43. The van der Waals surface area contributed by atoms with Gasteiger partial charge in [-0.2, -0.15) is 0 Å². The molecule has 1 aromatic heterocycles. The molecule has 204 valence electrons. The number of likely N-dealkylation sites (tertiary alicyclic amines) is 1. The molecule has 38 heavy (non-hydrogen) atoms. The third-order valence-corrected chi connectivity index (χ3v) is 8.14. The zero-order valence-corrected chi connectivity index (χ0v) is 22.2. The van der Waals surface area contributed by atoms with E-state index in [1.165, 1.54) is 13.5 Å². The smallest absolute Gasteiger partial charge is 0.356 e. The fourth-order valence-electron chi connectivity index (χ4n) is 5.64. The molecule has 9 heteroatoms. The number of amides is 1. The number of ether oxygens (including phenoxy) is 2. The summed E-state index contributed by atoms with van der Waals surface area (Å²) in [6, 6.07) is 11.4. The van der Waals surface area contributed by atoms with Gasteiger partial charge in [-0.1, -0.05) is 24.6 Å². The van der Waals surface area contributed by atoms with Gasteiger partial charge in [0, 0.05) is 49.2 Å². The number of carbonyl (C=O) groups is 2. The summed E-state index contributed by atoms with van der Waals surface area (Å²) in [7, 11) is 1.37. The summed E-state index contributed by atoms with van der Waals surface area (Å²) < 4.78 is 11.1. The van der Waals surface area contributed by atoms with Crippen LogP contribution in [0.1, 0.15) is 67.0 Å². The number of nitrogens with one attached hydrogen (secondary N) is 1. The molecule has 5 rings (SSSR count). The first-order valence-corrected chi connectivity index (χ1v) is 13.9. The molecule has 2 aromatic rings. The number of carbonyl (C=O) groups excluding carboxylic acids is 2. The number of benzene rings is 1. The van der Waals surface area contributed by atoms with Crippen LogP contribution in [0.4, 0.5) is 17.2 Å². The number of rotatable bonds is 9. The molecule has 0 spiro atoms. The second-order valence-electron chi connectivity index (χ2n) is 10.6. The van der Waals surface area contributed by atoms with Gasteiger partial charge in [-0.3, -0.25) is 4.79 Å². The first-order chi connectivity index (χ1) is 18.5. The summed E-state index contributed by atoms with van der Waals surface area (Å²) in [5.74, 6) is 0.591. The van der Waals surface area contributed by atoms with E-state index in [0.29, 0.717) is 11.7 Å². The summed E-state index contributed by atoms with van der Waals surface area (Å²) in [5, 5.41) is 3.43. The van der Waals surface area contributed by atoms with Gasteiger partial charge in [0.1, 0.15) is 12.4 Å². The third kappa shape index (κ3) is 5.94. The van der Waals surface area contributed by atoms with Gasteiger partial charge in [0.2, 0.25) is 5.91 Å². The van der Waals surface area contributed by atoms with Crippen LogP contribution in [0.3, 0.4) is 0 Å². The standard InChI is InChI=1S/C29H39N5O4/c1-37-29(36)23-18-24(33-16-12-22(13-17-33)38-19-25(35)34-14-5-6-15-34)26(27(30)20-8-7-9-20)28(32-23)31-21-10-3-2-4-11-21/h2-4,10-11,18,20,22,27H,5-9,12-17,19,30H2,1H3,(H,31,32). The van der Waals surface area contributed by atoms with Crippen molar-refractivity contribution in [3.63, 3.8) is 0 Å². The van der Waals surface area contributed by atoms with Gasteiger partial charge in [-0.25, -0.2) is 9.78 Å². The van der Waals surface area contributed by atoms with E-state index in [1.54, 1.807) is 0 Å². The van der Waals surface area contributed by atoms with Crippen molar-refractivity contribution in [1.29, 1.82) is 0 Å². The average Bonchev–Trinajstić information content (AvgIpc) is 3.46. The summed E-state index contributed by atoms with van der Waals surface area (Å²) in [5.41, 5.74) is 9.89. The number of hydrogen-bond acceptors (Lipinski definition) is 8. The van der Waals surface area contributed by atoms with Gasteiger partial charge in [-0.15, -0.1) is 0 Å². The molecule has 3 aliphatic rings. The summed E-state index contributed by atoms with van der Waals surface area (Å²) >= 11 is 0. The summed E-state index contributed by atoms with van der Waals surface area (Å²) in [6.45, 7) is 3.31. The minimum absolute atomic E-state index is 0.0328. The molecule has 1 amide bonds. The summed E-state index contributed by atoms with van der Waals surface area (Å²) in [4.78, 5) is 33.9. The molecule has 3 N–H and O–H groups in total. The van der Waals surface area contributed by atoms with Crippen molar-refractivity contribution in [3.8, 4) is 0 Å². The number of methoxy groups -OCH3 is 1. The highest BCUT2D eigenvalue weighted by Gasteiger charge is 2.33. The van der Waals surface area contributed by atoms with Gasteiger partial charge in [-0.05, 0) is 62.6 Å². The number of nitrogens with two attached hydrogens (primary N) is 1. The molecule has 1 aromatic carbocycles. The van der Waals surface area contributed by atoms with E-state index in [-0.39, 0.29) is 30.4 Å². The van der Waals surface area contributed by atoms with Gasteiger partial charge in [0.05, 0.1) is 13.2 Å². The lowest BCUT2D eigenvalue weighted by molar-refractivity contribution is -0.137. The molecule has 1 unspecified atom stereocenters. The SMILES string of the molecule is COC(=O)c1cc(N2CCC(OCC(=O)N3CCCC3)CC2)c(C(N)C2CCC2)c(Nc2ccccc2)n1. The van der Waals surface area contributed by atoms with Crippen LogP contribution in [-0.2, 0) is 14.3 Å². The number of piperidine rings is 1. The van der Waals surface area contributed by atoms with Crippen LogP contribution in [0.25, 0.3) is 0 Å². The second-order valence-corrected chi connectivity index (χ2v) is 10.6. The zero-order chi connectivity index (χ0) is 26.5.